The highest BCUT2D eigenvalue weighted by Gasteiger charge is 2.34. The number of carbonyl (C=O) groups is 1. The molecule has 0 saturated carbocycles. The number of hydrogen-bond donors (Lipinski definition) is 0. The molecule has 2 heterocycles. The van der Waals surface area contributed by atoms with Gasteiger partial charge in [0.2, 0.25) is 5.91 Å². The minimum Gasteiger partial charge on any atom is -0.378 e. The number of sulfonamides is 1. The van der Waals surface area contributed by atoms with E-state index in [1.165, 1.54) is 10.5 Å². The summed E-state index contributed by atoms with van der Waals surface area (Å²) in [6.45, 7) is 2.98. The van der Waals surface area contributed by atoms with Gasteiger partial charge in [-0.2, -0.15) is 4.31 Å². The fourth-order valence-corrected chi connectivity index (χ4v) is 5.18. The van der Waals surface area contributed by atoms with E-state index in [0.717, 1.165) is 11.3 Å². The molecule has 8 nitrogen and oxygen atoms in total. The number of benzene rings is 1. The maximum atomic E-state index is 12.9. The normalized spacial score (nSPS) is 15.9. The average Bonchev–Trinajstić information content (AvgIpc) is 3.07. The summed E-state index contributed by atoms with van der Waals surface area (Å²) in [7, 11) is 3.95. The van der Waals surface area contributed by atoms with Crippen molar-refractivity contribution in [1.82, 2.24) is 18.8 Å². The monoisotopic (exact) mass is 433 g/mol. The number of aryl methyl sites for hydroxylation is 2. The zero-order valence-electron chi connectivity index (χ0n) is 18.4. The van der Waals surface area contributed by atoms with E-state index in [1.54, 1.807) is 23.4 Å². The second-order valence-corrected chi connectivity index (χ2v) is 10.1. The van der Waals surface area contributed by atoms with Crippen LogP contribution in [0.2, 0.25) is 0 Å². The third kappa shape index (κ3) is 4.67. The van der Waals surface area contributed by atoms with Crippen LogP contribution in [0.3, 0.4) is 0 Å². The second-order valence-electron chi connectivity index (χ2n) is 8.17. The Bertz CT molecular complexity index is 971. The summed E-state index contributed by atoms with van der Waals surface area (Å²) in [6, 6.07) is 8.14. The van der Waals surface area contributed by atoms with Crippen molar-refractivity contribution in [2.75, 3.05) is 39.1 Å². The molecule has 0 bridgehead atoms. The number of imidazole rings is 1. The van der Waals surface area contributed by atoms with Gasteiger partial charge in [0.15, 0.2) is 5.03 Å². The average molecular weight is 434 g/mol. The highest BCUT2D eigenvalue weighted by molar-refractivity contribution is 7.89. The van der Waals surface area contributed by atoms with Crippen molar-refractivity contribution in [2.24, 2.45) is 13.0 Å². The van der Waals surface area contributed by atoms with E-state index < -0.39 is 10.0 Å². The van der Waals surface area contributed by atoms with Gasteiger partial charge in [-0.1, -0.05) is 12.1 Å². The van der Waals surface area contributed by atoms with Crippen LogP contribution in [0.25, 0.3) is 0 Å². The van der Waals surface area contributed by atoms with Crippen molar-refractivity contribution < 1.29 is 13.2 Å². The highest BCUT2D eigenvalue weighted by Crippen LogP contribution is 2.25. The summed E-state index contributed by atoms with van der Waals surface area (Å²) in [5.74, 6) is 0.559. The minimum atomic E-state index is -3.62. The van der Waals surface area contributed by atoms with Crippen LogP contribution in [-0.4, -0.2) is 67.3 Å². The first-order valence-corrected chi connectivity index (χ1v) is 11.5. The van der Waals surface area contributed by atoms with Crippen molar-refractivity contribution in [3.05, 3.63) is 41.9 Å². The summed E-state index contributed by atoms with van der Waals surface area (Å²) < 4.78 is 28.8. The Morgan fingerprint density at radius 1 is 1.13 bits per heavy atom. The third-order valence-corrected chi connectivity index (χ3v) is 7.51. The molecule has 2 aromatic rings. The molecule has 30 heavy (non-hydrogen) atoms. The van der Waals surface area contributed by atoms with E-state index in [-0.39, 0.29) is 16.9 Å². The molecule has 1 aliphatic heterocycles. The van der Waals surface area contributed by atoms with Gasteiger partial charge in [0.1, 0.15) is 5.82 Å². The molecule has 1 aromatic heterocycles. The molecule has 1 fully saturated rings. The number of piperidine rings is 1. The molecule has 0 atom stereocenters. The molecule has 1 amide bonds. The maximum Gasteiger partial charge on any atom is 0.262 e. The van der Waals surface area contributed by atoms with Crippen molar-refractivity contribution in [1.29, 1.82) is 0 Å². The summed E-state index contributed by atoms with van der Waals surface area (Å²) >= 11 is 0. The van der Waals surface area contributed by atoms with Crippen molar-refractivity contribution in [2.45, 2.75) is 31.3 Å². The molecule has 164 valence electrons. The van der Waals surface area contributed by atoms with Gasteiger partial charge in [0.05, 0.1) is 0 Å². The molecule has 1 saturated heterocycles. The summed E-state index contributed by atoms with van der Waals surface area (Å²) in [5, 5.41) is 0.0746. The second kappa shape index (κ2) is 8.77. The number of hydrogen-bond acceptors (Lipinski definition) is 5. The molecule has 3 rings (SSSR count). The minimum absolute atomic E-state index is 0.0671. The van der Waals surface area contributed by atoms with Crippen molar-refractivity contribution in [3.63, 3.8) is 0 Å². The van der Waals surface area contributed by atoms with Crippen LogP contribution in [-0.2, 0) is 28.4 Å². The van der Waals surface area contributed by atoms with E-state index in [9.17, 15) is 13.2 Å². The van der Waals surface area contributed by atoms with Crippen LogP contribution in [0.5, 0.6) is 0 Å². The smallest absolute Gasteiger partial charge is 0.262 e. The van der Waals surface area contributed by atoms with Crippen LogP contribution in [0.1, 0.15) is 24.2 Å². The molecule has 0 N–H and O–H groups in total. The largest absolute Gasteiger partial charge is 0.378 e. The van der Waals surface area contributed by atoms with Gasteiger partial charge in [-0.15, -0.1) is 0 Å². The van der Waals surface area contributed by atoms with Gasteiger partial charge in [-0.25, -0.2) is 13.4 Å². The predicted octanol–water partition coefficient (Wildman–Crippen LogP) is 1.85. The fourth-order valence-electron chi connectivity index (χ4n) is 3.69. The van der Waals surface area contributed by atoms with Gasteiger partial charge in [-0.3, -0.25) is 4.79 Å². The lowest BCUT2D eigenvalue weighted by Crippen LogP contribution is -2.43. The van der Waals surface area contributed by atoms with Gasteiger partial charge >= 0.3 is 0 Å². The van der Waals surface area contributed by atoms with Crippen LogP contribution in [0.4, 0.5) is 5.69 Å². The van der Waals surface area contributed by atoms with Crippen LogP contribution >= 0.6 is 0 Å². The predicted molar refractivity (Wildman–Crippen MR) is 117 cm³/mol. The number of nitrogens with zero attached hydrogens (tertiary/aromatic N) is 5. The van der Waals surface area contributed by atoms with Crippen molar-refractivity contribution in [3.8, 4) is 0 Å². The van der Waals surface area contributed by atoms with Gasteiger partial charge in [-0.05, 0) is 37.5 Å². The Kier molecular flexibility index (Phi) is 6.52. The highest BCUT2D eigenvalue weighted by atomic mass is 32.2. The standard InChI is InChI=1S/C21H31N5O3S/c1-16-22-20(15-24(16)4)30(28,29)26-12-10-18(11-13-26)21(27)25(5)14-17-6-8-19(9-7-17)23(2)3/h6-9,15,18H,10-14H2,1-5H3. The van der Waals surface area contributed by atoms with E-state index in [1.807, 2.05) is 50.3 Å². The van der Waals surface area contributed by atoms with E-state index in [4.69, 9.17) is 0 Å². The first-order valence-electron chi connectivity index (χ1n) is 10.1. The molecule has 1 aromatic carbocycles. The van der Waals surface area contributed by atoms with Crippen LogP contribution < -0.4 is 4.90 Å². The van der Waals surface area contributed by atoms with Crippen LogP contribution in [0.15, 0.2) is 35.5 Å². The topological polar surface area (TPSA) is 78.8 Å². The lowest BCUT2D eigenvalue weighted by molar-refractivity contribution is -0.135. The van der Waals surface area contributed by atoms with Gasteiger partial charge in [0, 0.05) is 65.6 Å². The number of amides is 1. The first kappa shape index (κ1) is 22.3. The number of carbonyl (C=O) groups excluding carboxylic acids is 1. The lowest BCUT2D eigenvalue weighted by Gasteiger charge is -2.32. The summed E-state index contributed by atoms with van der Waals surface area (Å²) in [4.78, 5) is 20.8. The molecule has 0 unspecified atom stereocenters. The van der Waals surface area contributed by atoms with Gasteiger partial charge < -0.3 is 14.4 Å². The zero-order chi connectivity index (χ0) is 22.1. The van der Waals surface area contributed by atoms with E-state index >= 15 is 0 Å². The Balaban J connectivity index is 1.58. The Hall–Kier alpha value is -2.39. The molecular weight excluding hydrogens is 402 g/mol. The lowest BCUT2D eigenvalue weighted by atomic mass is 9.96. The number of rotatable bonds is 6. The number of aromatic nitrogens is 2. The van der Waals surface area contributed by atoms with Crippen LogP contribution in [0, 0.1) is 12.8 Å². The third-order valence-electron chi connectivity index (χ3n) is 5.74. The number of anilines is 1. The zero-order valence-corrected chi connectivity index (χ0v) is 19.2. The summed E-state index contributed by atoms with van der Waals surface area (Å²) in [6.07, 6.45) is 2.58. The Labute approximate surface area is 179 Å². The molecule has 0 spiro atoms. The molecule has 0 aliphatic carbocycles. The van der Waals surface area contributed by atoms with Gasteiger partial charge in [0.25, 0.3) is 10.0 Å². The maximum absolute atomic E-state index is 12.9. The Morgan fingerprint density at radius 3 is 2.23 bits per heavy atom. The van der Waals surface area contributed by atoms with E-state index in [2.05, 4.69) is 4.98 Å². The van der Waals surface area contributed by atoms with E-state index in [0.29, 0.717) is 38.3 Å². The first-order chi connectivity index (χ1) is 14.1. The fraction of sp³-hybridized carbons (Fsp3) is 0.524. The Morgan fingerprint density at radius 2 is 1.73 bits per heavy atom. The quantitative estimate of drug-likeness (QED) is 0.695. The molecule has 1 aliphatic rings. The molecular formula is C21H31N5O3S. The van der Waals surface area contributed by atoms with Crippen molar-refractivity contribution >= 4 is 21.6 Å². The molecule has 9 heteroatoms. The SMILES string of the molecule is Cc1nc(S(=O)(=O)N2CCC(C(=O)N(C)Cc3ccc(N(C)C)cc3)CC2)cn1C. The summed E-state index contributed by atoms with van der Waals surface area (Å²) in [5.41, 5.74) is 2.19. The molecule has 0 radical (unpaired) electrons.